The van der Waals surface area contributed by atoms with Gasteiger partial charge in [-0.15, -0.1) is 0 Å². The van der Waals surface area contributed by atoms with E-state index in [-0.39, 0.29) is 0 Å². The highest BCUT2D eigenvalue weighted by atomic mass is 16.5. The molecule has 17 heavy (non-hydrogen) atoms. The number of nitrogens with one attached hydrogen (secondary N) is 1. The van der Waals surface area contributed by atoms with Crippen molar-refractivity contribution in [2.75, 3.05) is 38.8 Å². The van der Waals surface area contributed by atoms with Crippen molar-refractivity contribution < 1.29 is 4.74 Å². The summed E-state index contributed by atoms with van der Waals surface area (Å²) in [6.07, 6.45) is 0. The molecule has 0 aliphatic rings. The predicted molar refractivity (Wildman–Crippen MR) is 73.7 cm³/mol. The van der Waals surface area contributed by atoms with E-state index in [9.17, 15) is 0 Å². The minimum Gasteiger partial charge on any atom is -0.383 e. The molecule has 1 aromatic rings. The number of benzene rings is 1. The highest BCUT2D eigenvalue weighted by Crippen LogP contribution is 2.20. The lowest BCUT2D eigenvalue weighted by Crippen LogP contribution is -2.24. The molecule has 0 unspecified atom stereocenters. The van der Waals surface area contributed by atoms with Crippen LogP contribution >= 0.6 is 0 Å². The van der Waals surface area contributed by atoms with E-state index in [1.54, 1.807) is 7.11 Å². The van der Waals surface area contributed by atoms with Crippen LogP contribution in [0.4, 0.5) is 5.69 Å². The summed E-state index contributed by atoms with van der Waals surface area (Å²) >= 11 is 0. The summed E-state index contributed by atoms with van der Waals surface area (Å²) in [5, 5.41) is 3.39. The van der Waals surface area contributed by atoms with Crippen LogP contribution in [0.1, 0.15) is 18.1 Å². The van der Waals surface area contributed by atoms with E-state index in [2.05, 4.69) is 49.3 Å². The molecule has 0 aliphatic heterocycles. The number of rotatable bonds is 7. The fourth-order valence-corrected chi connectivity index (χ4v) is 1.84. The molecule has 96 valence electrons. The zero-order chi connectivity index (χ0) is 12.7. The molecule has 0 aliphatic carbocycles. The largest absolute Gasteiger partial charge is 0.383 e. The Hall–Kier alpha value is -1.06. The third kappa shape index (κ3) is 4.36. The third-order valence-corrected chi connectivity index (χ3v) is 2.84. The first-order valence-electron chi connectivity index (χ1n) is 6.19. The molecule has 0 saturated carbocycles. The number of aryl methyl sites for hydroxylation is 1. The van der Waals surface area contributed by atoms with Crippen LogP contribution in [-0.2, 0) is 11.3 Å². The molecule has 1 N–H and O–H groups in total. The van der Waals surface area contributed by atoms with E-state index in [0.717, 1.165) is 26.2 Å². The summed E-state index contributed by atoms with van der Waals surface area (Å²) in [7, 11) is 3.85. The van der Waals surface area contributed by atoms with Gasteiger partial charge in [0.1, 0.15) is 0 Å². The van der Waals surface area contributed by atoms with Crippen molar-refractivity contribution in [3.05, 3.63) is 29.3 Å². The lowest BCUT2D eigenvalue weighted by atomic mass is 10.1. The van der Waals surface area contributed by atoms with Crippen molar-refractivity contribution in [1.29, 1.82) is 0 Å². The van der Waals surface area contributed by atoms with Crippen LogP contribution in [0.2, 0.25) is 0 Å². The van der Waals surface area contributed by atoms with Crippen LogP contribution in [0.25, 0.3) is 0 Å². The van der Waals surface area contributed by atoms with Gasteiger partial charge in [0, 0.05) is 32.9 Å². The highest BCUT2D eigenvalue weighted by molar-refractivity contribution is 5.54. The Morgan fingerprint density at radius 1 is 1.35 bits per heavy atom. The van der Waals surface area contributed by atoms with Crippen molar-refractivity contribution in [3.8, 4) is 0 Å². The summed E-state index contributed by atoms with van der Waals surface area (Å²) in [6, 6.07) is 6.60. The Balaban J connectivity index is 2.80. The first-order chi connectivity index (χ1) is 8.19. The normalized spacial score (nSPS) is 10.6. The van der Waals surface area contributed by atoms with E-state index in [1.807, 2.05) is 0 Å². The van der Waals surface area contributed by atoms with Gasteiger partial charge in [0.15, 0.2) is 0 Å². The average Bonchev–Trinajstić information content (AvgIpc) is 2.33. The molecule has 0 heterocycles. The minimum absolute atomic E-state index is 0.755. The van der Waals surface area contributed by atoms with Crippen LogP contribution in [0.15, 0.2) is 18.2 Å². The number of likely N-dealkylation sites (N-methyl/N-ethyl adjacent to an activating group) is 1. The number of nitrogens with zero attached hydrogens (tertiary/aromatic N) is 1. The fraction of sp³-hybridized carbons (Fsp3) is 0.571. The average molecular weight is 236 g/mol. The van der Waals surface area contributed by atoms with Gasteiger partial charge in [0.05, 0.1) is 6.61 Å². The zero-order valence-electron chi connectivity index (χ0n) is 11.4. The van der Waals surface area contributed by atoms with Gasteiger partial charge in [-0.3, -0.25) is 0 Å². The standard InChI is InChI=1S/C14H24N2O/c1-5-15-11-13-10-12(2)6-7-14(13)16(3)8-9-17-4/h6-7,10,15H,5,8-9,11H2,1-4H3. The summed E-state index contributed by atoms with van der Waals surface area (Å²) in [5.41, 5.74) is 3.95. The van der Waals surface area contributed by atoms with Crippen LogP contribution in [0.3, 0.4) is 0 Å². The maximum absolute atomic E-state index is 5.12. The van der Waals surface area contributed by atoms with E-state index in [0.29, 0.717) is 0 Å². The Kier molecular flexibility index (Phi) is 6.01. The molecule has 1 rings (SSSR count). The Bertz CT molecular complexity index is 339. The smallest absolute Gasteiger partial charge is 0.0637 e. The molecule has 0 aromatic heterocycles. The van der Waals surface area contributed by atoms with Crippen molar-refractivity contribution in [2.24, 2.45) is 0 Å². The van der Waals surface area contributed by atoms with Gasteiger partial charge >= 0.3 is 0 Å². The van der Waals surface area contributed by atoms with E-state index in [1.165, 1.54) is 16.8 Å². The second kappa shape index (κ2) is 7.30. The van der Waals surface area contributed by atoms with Crippen LogP contribution < -0.4 is 10.2 Å². The van der Waals surface area contributed by atoms with Crippen LogP contribution in [-0.4, -0.2) is 33.9 Å². The van der Waals surface area contributed by atoms with Gasteiger partial charge in [-0.2, -0.15) is 0 Å². The zero-order valence-corrected chi connectivity index (χ0v) is 11.4. The van der Waals surface area contributed by atoms with E-state index in [4.69, 9.17) is 4.74 Å². The molecular weight excluding hydrogens is 212 g/mol. The molecule has 0 spiro atoms. The van der Waals surface area contributed by atoms with Crippen LogP contribution in [0, 0.1) is 6.92 Å². The summed E-state index contributed by atoms with van der Waals surface area (Å²) in [6.45, 7) is 7.85. The molecule has 0 radical (unpaired) electrons. The van der Waals surface area contributed by atoms with Gasteiger partial charge < -0.3 is 15.0 Å². The first kappa shape index (κ1) is 14.0. The molecule has 3 nitrogen and oxygen atoms in total. The minimum atomic E-state index is 0.755. The summed E-state index contributed by atoms with van der Waals surface area (Å²) in [4.78, 5) is 2.25. The van der Waals surface area contributed by atoms with Crippen LogP contribution in [0.5, 0.6) is 0 Å². The predicted octanol–water partition coefficient (Wildman–Crippen LogP) is 2.19. The highest BCUT2D eigenvalue weighted by Gasteiger charge is 2.07. The first-order valence-corrected chi connectivity index (χ1v) is 6.19. The third-order valence-electron chi connectivity index (χ3n) is 2.84. The number of hydrogen-bond acceptors (Lipinski definition) is 3. The number of methoxy groups -OCH3 is 1. The van der Waals surface area contributed by atoms with Gasteiger partial charge in [-0.25, -0.2) is 0 Å². The molecule has 0 saturated heterocycles. The molecule has 1 aromatic carbocycles. The van der Waals surface area contributed by atoms with Crippen molar-refractivity contribution in [1.82, 2.24) is 5.32 Å². The molecule has 0 amide bonds. The molecule has 0 fully saturated rings. The van der Waals surface area contributed by atoms with Gasteiger partial charge in [-0.1, -0.05) is 24.6 Å². The molecular formula is C14H24N2O. The monoisotopic (exact) mass is 236 g/mol. The number of hydrogen-bond donors (Lipinski definition) is 1. The van der Waals surface area contributed by atoms with E-state index < -0.39 is 0 Å². The number of anilines is 1. The molecule has 0 atom stereocenters. The van der Waals surface area contributed by atoms with Gasteiger partial charge in [0.25, 0.3) is 0 Å². The maximum atomic E-state index is 5.12. The van der Waals surface area contributed by atoms with E-state index >= 15 is 0 Å². The Morgan fingerprint density at radius 3 is 2.76 bits per heavy atom. The van der Waals surface area contributed by atoms with Crippen molar-refractivity contribution in [3.63, 3.8) is 0 Å². The van der Waals surface area contributed by atoms with Crippen molar-refractivity contribution >= 4 is 5.69 Å². The topological polar surface area (TPSA) is 24.5 Å². The Labute approximate surface area is 105 Å². The molecule has 0 bridgehead atoms. The fourth-order valence-electron chi connectivity index (χ4n) is 1.84. The second-order valence-corrected chi connectivity index (χ2v) is 4.33. The van der Waals surface area contributed by atoms with Gasteiger partial charge in [-0.05, 0) is 25.1 Å². The van der Waals surface area contributed by atoms with Crippen molar-refractivity contribution in [2.45, 2.75) is 20.4 Å². The van der Waals surface area contributed by atoms with Gasteiger partial charge in [0.2, 0.25) is 0 Å². The Morgan fingerprint density at radius 2 is 2.12 bits per heavy atom. The quantitative estimate of drug-likeness (QED) is 0.785. The molecule has 3 heteroatoms. The number of ether oxygens (including phenoxy) is 1. The summed E-state index contributed by atoms with van der Waals surface area (Å²) in [5.74, 6) is 0. The lowest BCUT2D eigenvalue weighted by Gasteiger charge is -2.22. The lowest BCUT2D eigenvalue weighted by molar-refractivity contribution is 0.206. The SMILES string of the molecule is CCNCc1cc(C)ccc1N(C)CCOC. The maximum Gasteiger partial charge on any atom is 0.0637 e. The second-order valence-electron chi connectivity index (χ2n) is 4.33. The summed E-state index contributed by atoms with van der Waals surface area (Å²) < 4.78 is 5.12.